The number of allylic oxidation sites excluding steroid dienone is 1. The third-order valence-corrected chi connectivity index (χ3v) is 13.6. The molecule has 0 unspecified atom stereocenters. The molecule has 5 rings (SSSR count). The van der Waals surface area contributed by atoms with E-state index in [0.717, 1.165) is 50.5 Å². The van der Waals surface area contributed by atoms with Gasteiger partial charge in [0.1, 0.15) is 0 Å². The molecular formula is C30H46O5. The van der Waals surface area contributed by atoms with Gasteiger partial charge in [-0.1, -0.05) is 46.8 Å². The molecule has 5 heteroatoms. The predicted octanol–water partition coefficient (Wildman–Crippen LogP) is 6.01. The summed E-state index contributed by atoms with van der Waals surface area (Å²) >= 11 is 0. The number of carbonyl (C=O) groups is 2. The van der Waals surface area contributed by atoms with Gasteiger partial charge in [0.15, 0.2) is 0 Å². The lowest BCUT2D eigenvalue weighted by Gasteiger charge is -2.70. The van der Waals surface area contributed by atoms with Gasteiger partial charge < -0.3 is 15.3 Å². The number of hydrogen-bond acceptors (Lipinski definition) is 3. The second-order valence-electron chi connectivity index (χ2n) is 14.6. The van der Waals surface area contributed by atoms with Gasteiger partial charge in [-0.05, 0) is 110 Å². The molecule has 0 aliphatic heterocycles. The summed E-state index contributed by atoms with van der Waals surface area (Å²) in [5, 5.41) is 32.2. The maximum Gasteiger partial charge on any atom is 0.309 e. The second-order valence-corrected chi connectivity index (χ2v) is 14.6. The molecule has 5 aliphatic rings. The van der Waals surface area contributed by atoms with Crippen LogP contribution in [-0.4, -0.2) is 33.4 Å². The number of aliphatic carboxylic acids is 2. The van der Waals surface area contributed by atoms with Crippen molar-refractivity contribution in [2.45, 2.75) is 99.0 Å². The Morgan fingerprint density at radius 3 is 2.06 bits per heavy atom. The van der Waals surface area contributed by atoms with Crippen LogP contribution in [0.2, 0.25) is 0 Å². The van der Waals surface area contributed by atoms with E-state index in [4.69, 9.17) is 0 Å². The van der Waals surface area contributed by atoms with Gasteiger partial charge in [0.2, 0.25) is 0 Å². The molecule has 35 heavy (non-hydrogen) atoms. The third kappa shape index (κ3) is 2.75. The van der Waals surface area contributed by atoms with Crippen molar-refractivity contribution >= 4 is 11.9 Å². The zero-order valence-electron chi connectivity index (χ0n) is 22.6. The number of rotatable bonds is 3. The highest BCUT2D eigenvalue weighted by Gasteiger charge is 2.75. The number of hydrogen-bond donors (Lipinski definition) is 3. The highest BCUT2D eigenvalue weighted by Crippen LogP contribution is 2.79. The average Bonchev–Trinajstić information content (AvgIpc) is 3.21. The van der Waals surface area contributed by atoms with Gasteiger partial charge in [0, 0.05) is 0 Å². The fourth-order valence-electron chi connectivity index (χ4n) is 11.8. The van der Waals surface area contributed by atoms with Crippen molar-refractivity contribution in [3.05, 3.63) is 12.2 Å². The summed E-state index contributed by atoms with van der Waals surface area (Å²) in [7, 11) is 0. The van der Waals surface area contributed by atoms with Crippen LogP contribution < -0.4 is 0 Å². The van der Waals surface area contributed by atoms with Gasteiger partial charge in [0.25, 0.3) is 0 Å². The Kier molecular flexibility index (Phi) is 5.32. The molecule has 0 spiro atoms. The van der Waals surface area contributed by atoms with E-state index in [9.17, 15) is 24.9 Å². The summed E-state index contributed by atoms with van der Waals surface area (Å²) in [6.45, 7) is 17.5. The van der Waals surface area contributed by atoms with Crippen LogP contribution in [0.1, 0.15) is 92.9 Å². The number of aliphatic hydroxyl groups excluding tert-OH is 1. The summed E-state index contributed by atoms with van der Waals surface area (Å²) in [5.74, 6) is -1.21. The number of carboxylic acids is 2. The Labute approximate surface area is 210 Å². The predicted molar refractivity (Wildman–Crippen MR) is 135 cm³/mol. The Bertz CT molecular complexity index is 970. The van der Waals surface area contributed by atoms with Crippen LogP contribution in [0.25, 0.3) is 0 Å². The van der Waals surface area contributed by atoms with Crippen LogP contribution in [-0.2, 0) is 9.59 Å². The minimum absolute atomic E-state index is 0.0493. The molecule has 5 nitrogen and oxygen atoms in total. The zero-order valence-corrected chi connectivity index (χ0v) is 22.6. The summed E-state index contributed by atoms with van der Waals surface area (Å²) in [6.07, 6.45) is 6.24. The third-order valence-electron chi connectivity index (χ3n) is 13.6. The van der Waals surface area contributed by atoms with E-state index in [-0.39, 0.29) is 34.5 Å². The molecule has 5 fully saturated rings. The molecule has 0 aromatic heterocycles. The van der Waals surface area contributed by atoms with Crippen molar-refractivity contribution in [3.63, 3.8) is 0 Å². The minimum atomic E-state index is -0.862. The van der Waals surface area contributed by atoms with Crippen LogP contribution in [0.4, 0.5) is 0 Å². The molecule has 0 radical (unpaired) electrons. The van der Waals surface area contributed by atoms with Crippen LogP contribution >= 0.6 is 0 Å². The van der Waals surface area contributed by atoms with Crippen molar-refractivity contribution in [2.75, 3.05) is 0 Å². The summed E-state index contributed by atoms with van der Waals surface area (Å²) in [4.78, 5) is 25.4. The summed E-state index contributed by atoms with van der Waals surface area (Å²) in [5.41, 5.74) is -0.558. The molecule has 0 bridgehead atoms. The molecule has 0 saturated heterocycles. The first-order valence-corrected chi connectivity index (χ1v) is 13.9. The van der Waals surface area contributed by atoms with Gasteiger partial charge in [-0.3, -0.25) is 9.59 Å². The van der Waals surface area contributed by atoms with Crippen LogP contribution in [0.3, 0.4) is 0 Å². The van der Waals surface area contributed by atoms with E-state index < -0.39 is 40.2 Å². The zero-order chi connectivity index (χ0) is 25.9. The summed E-state index contributed by atoms with van der Waals surface area (Å²) < 4.78 is 0. The van der Waals surface area contributed by atoms with Crippen molar-refractivity contribution in [2.24, 2.45) is 62.6 Å². The molecule has 0 heterocycles. The maximum absolute atomic E-state index is 12.8. The molecule has 5 aliphatic carbocycles. The lowest BCUT2D eigenvalue weighted by Crippen LogP contribution is -2.65. The number of fused-ring (bicyclic) bond motifs is 7. The first-order chi connectivity index (χ1) is 16.1. The smallest absolute Gasteiger partial charge is 0.309 e. The number of carboxylic acid groups (broad SMARTS) is 2. The first-order valence-electron chi connectivity index (χ1n) is 13.9. The van der Waals surface area contributed by atoms with E-state index in [1.165, 1.54) is 0 Å². The Balaban J connectivity index is 1.62. The maximum atomic E-state index is 12.8. The largest absolute Gasteiger partial charge is 0.481 e. The Hall–Kier alpha value is -1.36. The van der Waals surface area contributed by atoms with Crippen LogP contribution in [0.5, 0.6) is 0 Å². The van der Waals surface area contributed by atoms with Gasteiger partial charge in [-0.15, -0.1) is 0 Å². The highest BCUT2D eigenvalue weighted by atomic mass is 16.4. The first kappa shape index (κ1) is 25.3. The van der Waals surface area contributed by atoms with Crippen LogP contribution in [0.15, 0.2) is 12.2 Å². The van der Waals surface area contributed by atoms with E-state index in [1.807, 2.05) is 0 Å². The molecule has 3 N–H and O–H groups in total. The fourth-order valence-corrected chi connectivity index (χ4v) is 11.8. The van der Waals surface area contributed by atoms with E-state index >= 15 is 0 Å². The average molecular weight is 487 g/mol. The molecule has 0 aromatic rings. The van der Waals surface area contributed by atoms with Gasteiger partial charge in [-0.2, -0.15) is 0 Å². The Morgan fingerprint density at radius 2 is 1.49 bits per heavy atom. The monoisotopic (exact) mass is 486 g/mol. The van der Waals surface area contributed by atoms with Gasteiger partial charge in [0.05, 0.1) is 17.4 Å². The van der Waals surface area contributed by atoms with E-state index in [0.29, 0.717) is 12.3 Å². The van der Waals surface area contributed by atoms with Crippen molar-refractivity contribution in [3.8, 4) is 0 Å². The lowest BCUT2D eigenvalue weighted by atomic mass is 9.34. The standard InChI is InChI=1S/C30H46O5/c1-16(2)17-10-13-30(25(34)35)15-14-27(5)18(21(17)30)8-9-20-28(27,6)12-11-19-26(3,4)23(31)22(24(32)33)29(19,20)7/h17-23,31H,1,8-15H2,2-7H3,(H,32,33)(H,34,35)/t17-,18-,19+,20-,21+,22+,23-,27+,28+,29+,30-/m0/s1. The van der Waals surface area contributed by atoms with Crippen LogP contribution in [0, 0.1) is 62.6 Å². The Morgan fingerprint density at radius 1 is 0.829 bits per heavy atom. The quantitative estimate of drug-likeness (QED) is 0.425. The van der Waals surface area contributed by atoms with E-state index in [1.54, 1.807) is 0 Å². The SMILES string of the molecule is C=C(C)[C@@H]1CC[C@]2(C(=O)O)CC[C@]3(C)[C@@H](CC[C@@H]4[C@@]5(C)[C@H](CC[C@]43C)C(C)(C)[C@@H](O)[C@@H]5C(=O)O)[C@@H]12. The molecule has 196 valence electrons. The minimum Gasteiger partial charge on any atom is -0.481 e. The lowest BCUT2D eigenvalue weighted by molar-refractivity contribution is -0.228. The highest BCUT2D eigenvalue weighted by molar-refractivity contribution is 5.76. The normalized spacial score (nSPS) is 54.2. The van der Waals surface area contributed by atoms with Crippen molar-refractivity contribution in [1.82, 2.24) is 0 Å². The fraction of sp³-hybridized carbons (Fsp3) is 0.867. The van der Waals surface area contributed by atoms with Crippen molar-refractivity contribution < 1.29 is 24.9 Å². The molecule has 11 atom stereocenters. The second kappa shape index (κ2) is 7.36. The van der Waals surface area contributed by atoms with Gasteiger partial charge in [-0.25, -0.2) is 0 Å². The molecular weight excluding hydrogens is 440 g/mol. The number of aliphatic hydroxyl groups is 1. The molecule has 0 amide bonds. The topological polar surface area (TPSA) is 94.8 Å². The molecule has 0 aromatic carbocycles. The van der Waals surface area contributed by atoms with Gasteiger partial charge >= 0.3 is 11.9 Å². The summed E-state index contributed by atoms with van der Waals surface area (Å²) in [6, 6.07) is 0. The molecule has 5 saturated carbocycles. The van der Waals surface area contributed by atoms with E-state index in [2.05, 4.69) is 48.1 Å². The van der Waals surface area contributed by atoms with Crippen molar-refractivity contribution in [1.29, 1.82) is 0 Å².